The van der Waals surface area contributed by atoms with Crippen LogP contribution in [0.25, 0.3) is 0 Å². The topological polar surface area (TPSA) is 17.1 Å². The van der Waals surface area contributed by atoms with Gasteiger partial charge in [-0.1, -0.05) is 62.4 Å². The minimum absolute atomic E-state index is 0.106. The summed E-state index contributed by atoms with van der Waals surface area (Å²) in [6.45, 7) is 6.37. The molecule has 0 atom stereocenters. The van der Waals surface area contributed by atoms with Gasteiger partial charge in [-0.15, -0.1) is 0 Å². The Morgan fingerprint density at radius 3 is 2.21 bits per heavy atom. The second kappa shape index (κ2) is 5.83. The van der Waals surface area contributed by atoms with E-state index in [1.807, 2.05) is 43.3 Å². The average molecular weight is 252 g/mol. The van der Waals surface area contributed by atoms with Crippen molar-refractivity contribution in [3.05, 3.63) is 70.8 Å². The Bertz CT molecular complexity index is 564. The Hall–Kier alpha value is -1.89. The molecule has 0 fully saturated rings. The highest BCUT2D eigenvalue weighted by atomic mass is 16.1. The van der Waals surface area contributed by atoms with Gasteiger partial charge in [0.2, 0.25) is 0 Å². The number of carbonyl (C=O) groups is 1. The molecule has 0 aromatic heterocycles. The van der Waals surface area contributed by atoms with Crippen LogP contribution in [0.1, 0.15) is 40.9 Å². The molecule has 0 heterocycles. The molecule has 0 aliphatic heterocycles. The molecule has 0 bridgehead atoms. The maximum absolute atomic E-state index is 12.4. The van der Waals surface area contributed by atoms with Crippen LogP contribution in [0.3, 0.4) is 0 Å². The fourth-order valence-corrected chi connectivity index (χ4v) is 2.25. The molecule has 0 amide bonds. The van der Waals surface area contributed by atoms with Crippen molar-refractivity contribution in [3.63, 3.8) is 0 Å². The third-order valence-electron chi connectivity index (χ3n) is 3.25. The Kier molecular flexibility index (Phi) is 4.16. The van der Waals surface area contributed by atoms with E-state index >= 15 is 0 Å². The van der Waals surface area contributed by atoms with Crippen LogP contribution in [-0.4, -0.2) is 5.78 Å². The van der Waals surface area contributed by atoms with Crippen LogP contribution in [-0.2, 0) is 6.42 Å². The maximum atomic E-state index is 12.4. The highest BCUT2D eigenvalue weighted by Crippen LogP contribution is 2.15. The molecule has 0 saturated carbocycles. The number of hydrogen-bond donors (Lipinski definition) is 0. The van der Waals surface area contributed by atoms with Gasteiger partial charge in [0.25, 0.3) is 0 Å². The fraction of sp³-hybridized carbons (Fsp3) is 0.278. The van der Waals surface area contributed by atoms with Crippen molar-refractivity contribution in [3.8, 4) is 0 Å². The van der Waals surface area contributed by atoms with Crippen LogP contribution in [0.4, 0.5) is 0 Å². The minimum Gasteiger partial charge on any atom is -0.289 e. The maximum Gasteiger partial charge on any atom is 0.193 e. The van der Waals surface area contributed by atoms with Gasteiger partial charge in [-0.05, 0) is 30.4 Å². The molecule has 2 aromatic rings. The first kappa shape index (κ1) is 13.5. The first-order valence-electron chi connectivity index (χ1n) is 6.77. The lowest BCUT2D eigenvalue weighted by molar-refractivity contribution is 0.103. The molecule has 98 valence electrons. The Morgan fingerprint density at radius 1 is 1.00 bits per heavy atom. The molecular formula is C18H20O. The van der Waals surface area contributed by atoms with Crippen LogP contribution < -0.4 is 0 Å². The van der Waals surface area contributed by atoms with E-state index in [0.717, 1.165) is 23.1 Å². The number of carbonyl (C=O) groups excluding carboxylic acids is 1. The van der Waals surface area contributed by atoms with Crippen LogP contribution in [0.5, 0.6) is 0 Å². The van der Waals surface area contributed by atoms with Gasteiger partial charge in [-0.2, -0.15) is 0 Å². The molecule has 2 rings (SSSR count). The molecule has 2 aromatic carbocycles. The van der Waals surface area contributed by atoms with Crippen LogP contribution in [0.15, 0.2) is 48.5 Å². The third-order valence-corrected chi connectivity index (χ3v) is 3.25. The van der Waals surface area contributed by atoms with Gasteiger partial charge in [0.1, 0.15) is 0 Å². The molecule has 0 N–H and O–H groups in total. The van der Waals surface area contributed by atoms with Crippen LogP contribution in [0.2, 0.25) is 0 Å². The number of ketones is 1. The highest BCUT2D eigenvalue weighted by molar-refractivity contribution is 6.09. The summed E-state index contributed by atoms with van der Waals surface area (Å²) in [7, 11) is 0. The van der Waals surface area contributed by atoms with Gasteiger partial charge >= 0.3 is 0 Å². The molecule has 0 unspecified atom stereocenters. The lowest BCUT2D eigenvalue weighted by Gasteiger charge is -2.07. The SMILES string of the molecule is Cc1ccccc1C(=O)c1ccc(CC(C)C)cc1. The molecule has 1 heteroatoms. The number of aryl methyl sites for hydroxylation is 1. The van der Waals surface area contributed by atoms with E-state index in [4.69, 9.17) is 0 Å². The summed E-state index contributed by atoms with van der Waals surface area (Å²) in [6, 6.07) is 15.7. The van der Waals surface area contributed by atoms with E-state index in [1.54, 1.807) is 0 Å². The quantitative estimate of drug-likeness (QED) is 0.736. The zero-order chi connectivity index (χ0) is 13.8. The summed E-state index contributed by atoms with van der Waals surface area (Å²) in [6.07, 6.45) is 1.05. The normalized spacial score (nSPS) is 10.7. The van der Waals surface area contributed by atoms with Gasteiger partial charge in [0.15, 0.2) is 5.78 Å². The van der Waals surface area contributed by atoms with Crippen molar-refractivity contribution < 1.29 is 4.79 Å². The number of rotatable bonds is 4. The van der Waals surface area contributed by atoms with Crippen LogP contribution >= 0.6 is 0 Å². The van der Waals surface area contributed by atoms with Crippen molar-refractivity contribution in [2.45, 2.75) is 27.2 Å². The number of benzene rings is 2. The second-order valence-corrected chi connectivity index (χ2v) is 5.44. The minimum atomic E-state index is 0.106. The summed E-state index contributed by atoms with van der Waals surface area (Å²) in [5.41, 5.74) is 3.87. The van der Waals surface area contributed by atoms with Crippen molar-refractivity contribution in [1.29, 1.82) is 0 Å². The van der Waals surface area contributed by atoms with Crippen molar-refractivity contribution >= 4 is 5.78 Å². The molecule has 0 radical (unpaired) electrons. The lowest BCUT2D eigenvalue weighted by Crippen LogP contribution is -2.04. The van der Waals surface area contributed by atoms with Gasteiger partial charge in [0.05, 0.1) is 0 Å². The lowest BCUT2D eigenvalue weighted by atomic mass is 9.96. The smallest absolute Gasteiger partial charge is 0.193 e. The first-order valence-corrected chi connectivity index (χ1v) is 6.77. The number of hydrogen-bond acceptors (Lipinski definition) is 1. The zero-order valence-electron chi connectivity index (χ0n) is 11.8. The fourth-order valence-electron chi connectivity index (χ4n) is 2.25. The Balaban J connectivity index is 2.23. The van der Waals surface area contributed by atoms with Crippen molar-refractivity contribution in [1.82, 2.24) is 0 Å². The van der Waals surface area contributed by atoms with Gasteiger partial charge < -0.3 is 0 Å². The highest BCUT2D eigenvalue weighted by Gasteiger charge is 2.10. The predicted molar refractivity (Wildman–Crippen MR) is 79.6 cm³/mol. The predicted octanol–water partition coefficient (Wildman–Crippen LogP) is 4.42. The first-order chi connectivity index (χ1) is 9.08. The molecule has 0 aliphatic rings. The van der Waals surface area contributed by atoms with Crippen molar-refractivity contribution in [2.75, 3.05) is 0 Å². The zero-order valence-corrected chi connectivity index (χ0v) is 11.8. The van der Waals surface area contributed by atoms with Crippen molar-refractivity contribution in [2.24, 2.45) is 5.92 Å². The second-order valence-electron chi connectivity index (χ2n) is 5.44. The molecule has 1 nitrogen and oxygen atoms in total. The molecule has 0 saturated heterocycles. The van der Waals surface area contributed by atoms with E-state index in [2.05, 4.69) is 26.0 Å². The largest absolute Gasteiger partial charge is 0.289 e. The standard InChI is InChI=1S/C18H20O/c1-13(2)12-15-8-10-16(11-9-15)18(19)17-7-5-4-6-14(17)3/h4-11,13H,12H2,1-3H3. The monoisotopic (exact) mass is 252 g/mol. The molecule has 0 aliphatic carbocycles. The van der Waals surface area contributed by atoms with E-state index in [0.29, 0.717) is 5.92 Å². The summed E-state index contributed by atoms with van der Waals surface area (Å²) in [4.78, 5) is 12.4. The summed E-state index contributed by atoms with van der Waals surface area (Å²) in [5.74, 6) is 0.743. The van der Waals surface area contributed by atoms with Crippen LogP contribution in [0, 0.1) is 12.8 Å². The van der Waals surface area contributed by atoms with E-state index in [1.165, 1.54) is 5.56 Å². The van der Waals surface area contributed by atoms with E-state index in [9.17, 15) is 4.79 Å². The van der Waals surface area contributed by atoms with Gasteiger partial charge in [-0.25, -0.2) is 0 Å². The summed E-state index contributed by atoms with van der Waals surface area (Å²) >= 11 is 0. The summed E-state index contributed by atoms with van der Waals surface area (Å²) < 4.78 is 0. The summed E-state index contributed by atoms with van der Waals surface area (Å²) in [5, 5.41) is 0. The third kappa shape index (κ3) is 3.31. The van der Waals surface area contributed by atoms with E-state index in [-0.39, 0.29) is 5.78 Å². The average Bonchev–Trinajstić information content (AvgIpc) is 2.39. The van der Waals surface area contributed by atoms with Gasteiger partial charge in [-0.3, -0.25) is 4.79 Å². The molecule has 0 spiro atoms. The molecular weight excluding hydrogens is 232 g/mol. The Morgan fingerprint density at radius 2 is 1.63 bits per heavy atom. The molecule has 19 heavy (non-hydrogen) atoms. The van der Waals surface area contributed by atoms with E-state index < -0.39 is 0 Å². The van der Waals surface area contributed by atoms with Gasteiger partial charge in [0, 0.05) is 11.1 Å². The Labute approximate surface area is 115 Å².